The highest BCUT2D eigenvalue weighted by atomic mass is 16.5. The maximum absolute atomic E-state index is 6.38. The van der Waals surface area contributed by atoms with E-state index in [2.05, 4.69) is 53.7 Å². The van der Waals surface area contributed by atoms with Crippen molar-refractivity contribution in [3.05, 3.63) is 120 Å². The summed E-state index contributed by atoms with van der Waals surface area (Å²) < 4.78 is 25.3. The SMILES string of the molecule is CC(C)(C)c1ccc(Oc2cccc(Oc3ccc(C(C)(C)C)cc3Oc3ccc(N)cc3)c2)c(Oc2ccc(N)cc2)c1. The fourth-order valence-electron chi connectivity index (χ4n) is 4.46. The third-order valence-corrected chi connectivity index (χ3v) is 7.10. The topological polar surface area (TPSA) is 89.0 Å². The molecule has 0 saturated carbocycles. The first-order valence-electron chi connectivity index (χ1n) is 14.7. The van der Waals surface area contributed by atoms with Crippen molar-refractivity contribution in [1.82, 2.24) is 0 Å². The van der Waals surface area contributed by atoms with Gasteiger partial charge in [0.25, 0.3) is 0 Å². The number of hydrogen-bond acceptors (Lipinski definition) is 6. The molecule has 6 nitrogen and oxygen atoms in total. The number of rotatable bonds is 8. The summed E-state index contributed by atoms with van der Waals surface area (Å²) in [5.41, 5.74) is 15.2. The molecule has 0 amide bonds. The number of hydrogen-bond donors (Lipinski definition) is 2. The predicted molar refractivity (Wildman–Crippen MR) is 179 cm³/mol. The van der Waals surface area contributed by atoms with Gasteiger partial charge in [0.05, 0.1) is 0 Å². The summed E-state index contributed by atoms with van der Waals surface area (Å²) >= 11 is 0. The van der Waals surface area contributed by atoms with Crippen LogP contribution in [0.1, 0.15) is 52.7 Å². The van der Waals surface area contributed by atoms with Crippen LogP contribution in [0.15, 0.2) is 109 Å². The highest BCUT2D eigenvalue weighted by Gasteiger charge is 2.20. The van der Waals surface area contributed by atoms with E-state index in [1.54, 1.807) is 0 Å². The van der Waals surface area contributed by atoms with Crippen molar-refractivity contribution in [2.24, 2.45) is 0 Å². The maximum atomic E-state index is 6.38. The molecule has 0 fully saturated rings. The predicted octanol–water partition coefficient (Wildman–Crippen LogP) is 10.6. The van der Waals surface area contributed by atoms with Gasteiger partial charge < -0.3 is 30.4 Å². The quantitative estimate of drug-likeness (QED) is 0.175. The van der Waals surface area contributed by atoms with Crippen molar-refractivity contribution in [2.75, 3.05) is 11.5 Å². The zero-order valence-electron chi connectivity index (χ0n) is 26.2. The van der Waals surface area contributed by atoms with Gasteiger partial charge in [0.1, 0.15) is 23.0 Å². The Kier molecular flexibility index (Phi) is 8.45. The molecule has 0 aromatic heterocycles. The number of nitrogens with two attached hydrogens (primary N) is 2. The third-order valence-electron chi connectivity index (χ3n) is 7.10. The lowest BCUT2D eigenvalue weighted by Gasteiger charge is -2.22. The molecule has 0 aliphatic carbocycles. The summed E-state index contributed by atoms with van der Waals surface area (Å²) in [6, 6.07) is 34.1. The lowest BCUT2D eigenvalue weighted by atomic mass is 9.87. The number of benzene rings is 5. The van der Waals surface area contributed by atoms with Crippen LogP contribution in [-0.2, 0) is 10.8 Å². The van der Waals surface area contributed by atoms with Crippen LogP contribution in [0.3, 0.4) is 0 Å². The van der Waals surface area contributed by atoms with E-state index in [0.717, 1.165) is 11.1 Å². The summed E-state index contributed by atoms with van der Waals surface area (Å²) in [5, 5.41) is 0. The number of anilines is 2. The Bertz CT molecular complexity index is 1610. The average molecular weight is 589 g/mol. The van der Waals surface area contributed by atoms with E-state index in [1.165, 1.54) is 0 Å². The van der Waals surface area contributed by atoms with Gasteiger partial charge in [-0.15, -0.1) is 0 Å². The Morgan fingerprint density at radius 3 is 1.11 bits per heavy atom. The molecule has 0 aliphatic rings. The summed E-state index contributed by atoms with van der Waals surface area (Å²) in [7, 11) is 0. The Morgan fingerprint density at radius 1 is 0.386 bits per heavy atom. The van der Waals surface area contributed by atoms with Gasteiger partial charge in [-0.1, -0.05) is 59.7 Å². The van der Waals surface area contributed by atoms with E-state index in [4.69, 9.17) is 30.4 Å². The standard InChI is InChI=1S/C38H40N2O4/c1-37(2,3)25-10-20-33(35(22-25)41-29-16-12-27(39)13-17-29)43-31-8-7-9-32(24-31)44-34-21-11-26(38(4,5)6)23-36(34)42-30-18-14-28(40)15-19-30/h7-24H,39-40H2,1-6H3. The van der Waals surface area contributed by atoms with Crippen LogP contribution in [-0.4, -0.2) is 0 Å². The fraction of sp³-hybridized carbons (Fsp3) is 0.211. The molecule has 0 bridgehead atoms. The second-order valence-electron chi connectivity index (χ2n) is 12.8. The highest BCUT2D eigenvalue weighted by Crippen LogP contribution is 2.41. The molecule has 5 rings (SSSR count). The van der Waals surface area contributed by atoms with Crippen molar-refractivity contribution >= 4 is 11.4 Å². The van der Waals surface area contributed by atoms with Crippen LogP contribution in [0, 0.1) is 0 Å². The van der Waals surface area contributed by atoms with Crippen molar-refractivity contribution in [3.63, 3.8) is 0 Å². The monoisotopic (exact) mass is 588 g/mol. The molecular formula is C38H40N2O4. The van der Waals surface area contributed by atoms with Gasteiger partial charge in [-0.2, -0.15) is 0 Å². The zero-order chi connectivity index (χ0) is 31.5. The molecule has 0 heterocycles. The second kappa shape index (κ2) is 12.3. The molecule has 0 unspecified atom stereocenters. The van der Waals surface area contributed by atoms with E-state index in [1.807, 2.05) is 97.1 Å². The van der Waals surface area contributed by atoms with Crippen LogP contribution >= 0.6 is 0 Å². The van der Waals surface area contributed by atoms with Gasteiger partial charge in [0.15, 0.2) is 23.0 Å². The molecule has 0 aliphatic heterocycles. The molecule has 0 radical (unpaired) electrons. The number of nitrogen functional groups attached to an aromatic ring is 2. The van der Waals surface area contributed by atoms with Crippen LogP contribution < -0.4 is 30.4 Å². The smallest absolute Gasteiger partial charge is 0.170 e. The molecule has 4 N–H and O–H groups in total. The summed E-state index contributed by atoms with van der Waals surface area (Å²) in [6.07, 6.45) is 0. The van der Waals surface area contributed by atoms with Crippen molar-refractivity contribution in [1.29, 1.82) is 0 Å². The lowest BCUT2D eigenvalue weighted by molar-refractivity contribution is 0.406. The van der Waals surface area contributed by atoms with Gasteiger partial charge in [0.2, 0.25) is 0 Å². The molecule has 5 aromatic carbocycles. The highest BCUT2D eigenvalue weighted by molar-refractivity contribution is 5.53. The summed E-state index contributed by atoms with van der Waals surface area (Å²) in [4.78, 5) is 0. The van der Waals surface area contributed by atoms with Crippen LogP contribution in [0.25, 0.3) is 0 Å². The van der Waals surface area contributed by atoms with Crippen molar-refractivity contribution in [2.45, 2.75) is 52.4 Å². The number of ether oxygens (including phenoxy) is 4. The molecular weight excluding hydrogens is 548 g/mol. The van der Waals surface area contributed by atoms with Gasteiger partial charge in [-0.3, -0.25) is 0 Å². The Balaban J connectivity index is 1.43. The minimum atomic E-state index is -0.0693. The van der Waals surface area contributed by atoms with Crippen molar-refractivity contribution < 1.29 is 18.9 Å². The average Bonchev–Trinajstić information content (AvgIpc) is 2.96. The van der Waals surface area contributed by atoms with Crippen LogP contribution in [0.4, 0.5) is 11.4 Å². The zero-order valence-corrected chi connectivity index (χ0v) is 26.2. The van der Waals surface area contributed by atoms with Gasteiger partial charge in [-0.25, -0.2) is 0 Å². The summed E-state index contributed by atoms with van der Waals surface area (Å²) in [6.45, 7) is 13.0. The van der Waals surface area contributed by atoms with Crippen LogP contribution in [0.5, 0.6) is 46.0 Å². The minimum absolute atomic E-state index is 0.0693. The van der Waals surface area contributed by atoms with Gasteiger partial charge in [0, 0.05) is 17.4 Å². The lowest BCUT2D eigenvalue weighted by Crippen LogP contribution is -2.11. The third kappa shape index (κ3) is 7.64. The molecule has 0 saturated heterocycles. The van der Waals surface area contributed by atoms with E-state index in [9.17, 15) is 0 Å². The normalized spacial score (nSPS) is 11.6. The van der Waals surface area contributed by atoms with E-state index in [0.29, 0.717) is 57.4 Å². The summed E-state index contributed by atoms with van der Waals surface area (Å²) in [5.74, 6) is 4.89. The van der Waals surface area contributed by atoms with Gasteiger partial charge >= 0.3 is 0 Å². The first-order valence-corrected chi connectivity index (χ1v) is 14.7. The fourth-order valence-corrected chi connectivity index (χ4v) is 4.46. The first-order chi connectivity index (χ1) is 20.8. The van der Waals surface area contributed by atoms with Gasteiger partial charge in [-0.05, 0) is 107 Å². The molecule has 44 heavy (non-hydrogen) atoms. The van der Waals surface area contributed by atoms with E-state index in [-0.39, 0.29) is 10.8 Å². The molecule has 5 aromatic rings. The Hall–Kier alpha value is -5.10. The molecule has 226 valence electrons. The largest absolute Gasteiger partial charge is 0.453 e. The van der Waals surface area contributed by atoms with Crippen molar-refractivity contribution in [3.8, 4) is 46.0 Å². The maximum Gasteiger partial charge on any atom is 0.170 e. The molecule has 6 heteroatoms. The van der Waals surface area contributed by atoms with Crippen LogP contribution in [0.2, 0.25) is 0 Å². The molecule has 0 spiro atoms. The van der Waals surface area contributed by atoms with E-state index < -0.39 is 0 Å². The Morgan fingerprint density at radius 2 is 0.750 bits per heavy atom. The Labute approximate surface area is 260 Å². The molecule has 0 atom stereocenters. The first kappa shape index (κ1) is 30.4. The minimum Gasteiger partial charge on any atom is -0.453 e. The second-order valence-corrected chi connectivity index (χ2v) is 12.8. The van der Waals surface area contributed by atoms with E-state index >= 15 is 0 Å².